The molecular formula is C10H5F2NO3. The van der Waals surface area contributed by atoms with Gasteiger partial charge in [0.2, 0.25) is 11.7 Å². The lowest BCUT2D eigenvalue weighted by Crippen LogP contribution is -1.91. The smallest absolute Gasteiger partial charge is 0.373 e. The number of carboxylic acid groups (broad SMARTS) is 1. The third-order valence-electron chi connectivity index (χ3n) is 1.83. The Balaban J connectivity index is 2.46. The van der Waals surface area contributed by atoms with Crippen LogP contribution >= 0.6 is 0 Å². The Kier molecular flexibility index (Phi) is 2.40. The molecule has 6 heteroatoms. The summed E-state index contributed by atoms with van der Waals surface area (Å²) in [5, 5.41) is 8.57. The van der Waals surface area contributed by atoms with Gasteiger partial charge in [-0.25, -0.2) is 18.6 Å². The molecule has 0 aliphatic carbocycles. The van der Waals surface area contributed by atoms with E-state index in [-0.39, 0.29) is 17.2 Å². The zero-order chi connectivity index (χ0) is 11.7. The van der Waals surface area contributed by atoms with Gasteiger partial charge < -0.3 is 9.52 Å². The average Bonchev–Trinajstić information content (AvgIpc) is 2.64. The van der Waals surface area contributed by atoms with Crippen LogP contribution in [-0.2, 0) is 0 Å². The van der Waals surface area contributed by atoms with Crippen LogP contribution < -0.4 is 0 Å². The van der Waals surface area contributed by atoms with Gasteiger partial charge in [0.25, 0.3) is 0 Å². The Morgan fingerprint density at radius 3 is 2.38 bits per heavy atom. The first kappa shape index (κ1) is 10.3. The molecule has 2 rings (SSSR count). The maximum Gasteiger partial charge on any atom is 0.373 e. The molecule has 0 spiro atoms. The van der Waals surface area contributed by atoms with Crippen LogP contribution in [0.1, 0.15) is 10.6 Å². The van der Waals surface area contributed by atoms with Crippen molar-refractivity contribution in [1.82, 2.24) is 4.98 Å². The van der Waals surface area contributed by atoms with Crippen molar-refractivity contribution in [2.45, 2.75) is 0 Å². The van der Waals surface area contributed by atoms with E-state index >= 15 is 0 Å². The van der Waals surface area contributed by atoms with E-state index in [1.54, 1.807) is 0 Å². The average molecular weight is 225 g/mol. The van der Waals surface area contributed by atoms with Crippen LogP contribution in [0.25, 0.3) is 11.5 Å². The van der Waals surface area contributed by atoms with Crippen LogP contribution in [-0.4, -0.2) is 16.1 Å². The normalized spacial score (nSPS) is 10.4. The maximum atomic E-state index is 12.9. The van der Waals surface area contributed by atoms with Crippen LogP contribution in [0.4, 0.5) is 8.78 Å². The molecule has 0 amide bonds. The number of benzene rings is 1. The topological polar surface area (TPSA) is 63.3 Å². The highest BCUT2D eigenvalue weighted by Crippen LogP contribution is 2.21. The van der Waals surface area contributed by atoms with Crippen molar-refractivity contribution in [3.63, 3.8) is 0 Å². The minimum absolute atomic E-state index is 0.0463. The lowest BCUT2D eigenvalue weighted by Gasteiger charge is -1.96. The number of carbonyl (C=O) groups is 1. The molecule has 0 saturated heterocycles. The second-order valence-electron chi connectivity index (χ2n) is 2.99. The third-order valence-corrected chi connectivity index (χ3v) is 1.83. The zero-order valence-corrected chi connectivity index (χ0v) is 7.78. The van der Waals surface area contributed by atoms with E-state index in [0.29, 0.717) is 6.07 Å². The van der Waals surface area contributed by atoms with Crippen LogP contribution in [0.3, 0.4) is 0 Å². The van der Waals surface area contributed by atoms with Gasteiger partial charge in [-0.15, -0.1) is 0 Å². The van der Waals surface area contributed by atoms with Gasteiger partial charge in [0.15, 0.2) is 0 Å². The summed E-state index contributed by atoms with van der Waals surface area (Å²) in [6, 6.07) is 2.70. The Bertz CT molecular complexity index is 530. The summed E-state index contributed by atoms with van der Waals surface area (Å²) < 4.78 is 30.5. The lowest BCUT2D eigenvalue weighted by molar-refractivity contribution is 0.0663. The molecule has 4 nitrogen and oxygen atoms in total. The monoisotopic (exact) mass is 225 g/mol. The van der Waals surface area contributed by atoms with E-state index in [2.05, 4.69) is 4.98 Å². The number of aromatic nitrogens is 1. The van der Waals surface area contributed by atoms with Crippen LogP contribution in [0.5, 0.6) is 0 Å². The molecule has 82 valence electrons. The number of hydrogen-bond donors (Lipinski definition) is 1. The second-order valence-corrected chi connectivity index (χ2v) is 2.99. The molecule has 1 N–H and O–H groups in total. The summed E-state index contributed by atoms with van der Waals surface area (Å²) in [7, 11) is 0. The fourth-order valence-electron chi connectivity index (χ4n) is 1.18. The van der Waals surface area contributed by atoms with E-state index in [0.717, 1.165) is 18.3 Å². The van der Waals surface area contributed by atoms with Gasteiger partial charge in [-0.05, 0) is 12.1 Å². The number of nitrogens with zero attached hydrogens (tertiary/aromatic N) is 1. The second kappa shape index (κ2) is 3.73. The first-order valence-electron chi connectivity index (χ1n) is 4.22. The summed E-state index contributed by atoms with van der Waals surface area (Å²) in [4.78, 5) is 14.1. The molecule has 1 aromatic carbocycles. The molecule has 0 radical (unpaired) electrons. The number of aromatic carboxylic acids is 1. The lowest BCUT2D eigenvalue weighted by atomic mass is 10.2. The summed E-state index contributed by atoms with van der Waals surface area (Å²) in [5.41, 5.74) is 0.0463. The van der Waals surface area contributed by atoms with Crippen molar-refractivity contribution < 1.29 is 23.1 Å². The molecule has 0 fully saturated rings. The molecule has 0 unspecified atom stereocenters. The van der Waals surface area contributed by atoms with E-state index in [1.807, 2.05) is 0 Å². The number of oxazole rings is 1. The number of carboxylic acids is 1. The molecule has 0 aliphatic heterocycles. The minimum Gasteiger partial charge on any atom is -0.475 e. The molecule has 0 aliphatic rings. The van der Waals surface area contributed by atoms with E-state index in [9.17, 15) is 13.6 Å². The molecule has 2 aromatic rings. The standard InChI is InChI=1S/C10H5F2NO3/c11-6-1-5(2-7(12)3-6)9-13-4-8(16-9)10(14)15/h1-4H,(H,14,15). The van der Waals surface area contributed by atoms with Crippen LogP contribution in [0.2, 0.25) is 0 Å². The summed E-state index contributed by atoms with van der Waals surface area (Å²) in [5.74, 6) is -3.40. The molecule has 0 saturated carbocycles. The molecule has 1 aromatic heterocycles. The Morgan fingerprint density at radius 2 is 1.88 bits per heavy atom. The van der Waals surface area contributed by atoms with Gasteiger partial charge in [-0.2, -0.15) is 0 Å². The molecule has 0 bridgehead atoms. The SMILES string of the molecule is O=C(O)c1cnc(-c2cc(F)cc(F)c2)o1. The van der Waals surface area contributed by atoms with Crippen LogP contribution in [0.15, 0.2) is 28.8 Å². The fraction of sp³-hybridized carbons (Fsp3) is 0. The number of rotatable bonds is 2. The van der Waals surface area contributed by atoms with E-state index < -0.39 is 17.6 Å². The molecule has 1 heterocycles. The Hall–Kier alpha value is -2.24. The summed E-state index contributed by atoms with van der Waals surface area (Å²) in [6.07, 6.45) is 0.973. The van der Waals surface area contributed by atoms with Gasteiger partial charge in [0.05, 0.1) is 6.20 Å². The first-order valence-corrected chi connectivity index (χ1v) is 4.22. The minimum atomic E-state index is -1.30. The van der Waals surface area contributed by atoms with Gasteiger partial charge in [0, 0.05) is 11.6 Å². The largest absolute Gasteiger partial charge is 0.475 e. The van der Waals surface area contributed by atoms with Crippen molar-refractivity contribution in [2.24, 2.45) is 0 Å². The van der Waals surface area contributed by atoms with E-state index in [1.165, 1.54) is 0 Å². The van der Waals surface area contributed by atoms with Crippen molar-refractivity contribution >= 4 is 5.97 Å². The first-order chi connectivity index (χ1) is 7.56. The third kappa shape index (κ3) is 1.90. The predicted molar refractivity (Wildman–Crippen MR) is 48.8 cm³/mol. The highest BCUT2D eigenvalue weighted by atomic mass is 19.1. The van der Waals surface area contributed by atoms with Crippen molar-refractivity contribution in [3.05, 3.63) is 41.8 Å². The Labute approximate surface area is 88.2 Å². The quantitative estimate of drug-likeness (QED) is 0.851. The molecule has 16 heavy (non-hydrogen) atoms. The van der Waals surface area contributed by atoms with Crippen molar-refractivity contribution in [2.75, 3.05) is 0 Å². The van der Waals surface area contributed by atoms with Crippen LogP contribution in [0, 0.1) is 11.6 Å². The highest BCUT2D eigenvalue weighted by Gasteiger charge is 2.13. The van der Waals surface area contributed by atoms with Crippen molar-refractivity contribution in [3.8, 4) is 11.5 Å². The Morgan fingerprint density at radius 1 is 1.25 bits per heavy atom. The highest BCUT2D eigenvalue weighted by molar-refractivity contribution is 5.84. The van der Waals surface area contributed by atoms with E-state index in [4.69, 9.17) is 9.52 Å². The number of halogens is 2. The van der Waals surface area contributed by atoms with Gasteiger partial charge in [0.1, 0.15) is 11.6 Å². The molecular weight excluding hydrogens is 220 g/mol. The van der Waals surface area contributed by atoms with Crippen molar-refractivity contribution in [1.29, 1.82) is 0 Å². The molecule has 0 atom stereocenters. The van der Waals surface area contributed by atoms with Gasteiger partial charge in [-0.1, -0.05) is 0 Å². The zero-order valence-electron chi connectivity index (χ0n) is 7.78. The number of hydrogen-bond acceptors (Lipinski definition) is 3. The van der Waals surface area contributed by atoms with Gasteiger partial charge in [-0.3, -0.25) is 0 Å². The maximum absolute atomic E-state index is 12.9. The van der Waals surface area contributed by atoms with Gasteiger partial charge >= 0.3 is 5.97 Å². The fourth-order valence-corrected chi connectivity index (χ4v) is 1.18. The summed E-state index contributed by atoms with van der Waals surface area (Å²) in [6.45, 7) is 0. The summed E-state index contributed by atoms with van der Waals surface area (Å²) >= 11 is 0. The predicted octanol–water partition coefficient (Wildman–Crippen LogP) is 2.32.